The predicted octanol–water partition coefficient (Wildman–Crippen LogP) is 3.80. The van der Waals surface area contributed by atoms with Gasteiger partial charge in [-0.1, -0.05) is 35.9 Å². The molecule has 132 valence electrons. The summed E-state index contributed by atoms with van der Waals surface area (Å²) in [6.07, 6.45) is 3.01. The van der Waals surface area contributed by atoms with Gasteiger partial charge in [-0.2, -0.15) is 0 Å². The Morgan fingerprint density at radius 1 is 1.16 bits per heavy atom. The van der Waals surface area contributed by atoms with E-state index >= 15 is 0 Å². The Labute approximate surface area is 152 Å². The van der Waals surface area contributed by atoms with Gasteiger partial charge in [0, 0.05) is 24.2 Å². The molecule has 2 aromatic rings. The van der Waals surface area contributed by atoms with Crippen LogP contribution in [0.4, 0.5) is 4.39 Å². The molecular formula is C20H22ClFN2O. The number of hydrogen-bond donors (Lipinski definition) is 1. The summed E-state index contributed by atoms with van der Waals surface area (Å²) in [5.41, 5.74) is 1.95. The van der Waals surface area contributed by atoms with Gasteiger partial charge in [-0.15, -0.1) is 0 Å². The summed E-state index contributed by atoms with van der Waals surface area (Å²) in [6.45, 7) is 1.61. The average molecular weight is 361 g/mol. The van der Waals surface area contributed by atoms with E-state index < -0.39 is 0 Å². The first-order valence-electron chi connectivity index (χ1n) is 8.60. The van der Waals surface area contributed by atoms with Crippen LogP contribution in [-0.4, -0.2) is 29.9 Å². The van der Waals surface area contributed by atoms with Crippen LogP contribution in [0.2, 0.25) is 5.02 Å². The minimum atomic E-state index is -0.213. The van der Waals surface area contributed by atoms with Gasteiger partial charge in [-0.25, -0.2) is 4.39 Å². The molecule has 0 spiro atoms. The van der Waals surface area contributed by atoms with E-state index in [9.17, 15) is 9.18 Å². The highest BCUT2D eigenvalue weighted by atomic mass is 35.5. The molecule has 1 aliphatic carbocycles. The van der Waals surface area contributed by atoms with Crippen molar-refractivity contribution < 1.29 is 9.18 Å². The van der Waals surface area contributed by atoms with Crippen molar-refractivity contribution in [2.75, 3.05) is 13.1 Å². The maximum absolute atomic E-state index is 13.3. The van der Waals surface area contributed by atoms with Crippen molar-refractivity contribution in [3.05, 3.63) is 70.5 Å². The Morgan fingerprint density at radius 2 is 1.92 bits per heavy atom. The van der Waals surface area contributed by atoms with E-state index in [0.29, 0.717) is 24.2 Å². The van der Waals surface area contributed by atoms with Gasteiger partial charge in [-0.3, -0.25) is 9.69 Å². The summed E-state index contributed by atoms with van der Waals surface area (Å²) in [6, 6.07) is 14.6. The molecule has 0 unspecified atom stereocenters. The van der Waals surface area contributed by atoms with Gasteiger partial charge in [0.1, 0.15) is 5.82 Å². The molecule has 25 heavy (non-hydrogen) atoms. The molecule has 0 aliphatic heterocycles. The molecule has 0 saturated heterocycles. The highest BCUT2D eigenvalue weighted by Crippen LogP contribution is 2.26. The standard InChI is InChI=1S/C20H22ClFN2O/c21-17-5-1-4-16(11-17)13-23-20(25)14-24(19-7-8-19)10-9-15-3-2-6-18(22)12-15/h1-6,11-12,19H,7-10,13-14H2,(H,23,25). The first-order chi connectivity index (χ1) is 12.1. The van der Waals surface area contributed by atoms with E-state index in [1.807, 2.05) is 30.3 Å². The van der Waals surface area contributed by atoms with E-state index in [4.69, 9.17) is 11.6 Å². The largest absolute Gasteiger partial charge is 0.351 e. The summed E-state index contributed by atoms with van der Waals surface area (Å²) >= 11 is 5.96. The van der Waals surface area contributed by atoms with Crippen molar-refractivity contribution in [2.45, 2.75) is 31.8 Å². The lowest BCUT2D eigenvalue weighted by molar-refractivity contribution is -0.122. The lowest BCUT2D eigenvalue weighted by Gasteiger charge is -2.21. The average Bonchev–Trinajstić information content (AvgIpc) is 3.42. The van der Waals surface area contributed by atoms with Crippen LogP contribution in [0.1, 0.15) is 24.0 Å². The number of carbonyl (C=O) groups excluding carboxylic acids is 1. The van der Waals surface area contributed by atoms with Gasteiger partial charge in [0.05, 0.1) is 6.54 Å². The molecule has 3 rings (SSSR count). The van der Waals surface area contributed by atoms with Crippen molar-refractivity contribution in [1.82, 2.24) is 10.2 Å². The van der Waals surface area contributed by atoms with Crippen molar-refractivity contribution in [3.63, 3.8) is 0 Å². The van der Waals surface area contributed by atoms with Gasteiger partial charge in [0.15, 0.2) is 0 Å². The number of benzene rings is 2. The SMILES string of the molecule is O=C(CN(CCc1cccc(F)c1)C1CC1)NCc1cccc(Cl)c1. The van der Waals surface area contributed by atoms with Crippen molar-refractivity contribution in [2.24, 2.45) is 0 Å². The minimum Gasteiger partial charge on any atom is -0.351 e. The topological polar surface area (TPSA) is 32.3 Å². The first kappa shape index (κ1) is 17.9. The van der Waals surface area contributed by atoms with Crippen LogP contribution in [0.25, 0.3) is 0 Å². The lowest BCUT2D eigenvalue weighted by atomic mass is 10.1. The van der Waals surface area contributed by atoms with Crippen LogP contribution in [0.5, 0.6) is 0 Å². The Kier molecular flexibility index (Phi) is 6.05. The van der Waals surface area contributed by atoms with Gasteiger partial charge in [0.25, 0.3) is 0 Å². The highest BCUT2D eigenvalue weighted by Gasteiger charge is 2.29. The lowest BCUT2D eigenvalue weighted by Crippen LogP contribution is -2.39. The van der Waals surface area contributed by atoms with Crippen LogP contribution in [0.15, 0.2) is 48.5 Å². The Hall–Kier alpha value is -1.91. The molecule has 3 nitrogen and oxygen atoms in total. The van der Waals surface area contributed by atoms with Gasteiger partial charge >= 0.3 is 0 Å². The van der Waals surface area contributed by atoms with Crippen LogP contribution in [-0.2, 0) is 17.8 Å². The van der Waals surface area contributed by atoms with E-state index in [0.717, 1.165) is 36.9 Å². The zero-order chi connectivity index (χ0) is 17.6. The fourth-order valence-electron chi connectivity index (χ4n) is 2.88. The Balaban J connectivity index is 1.48. The van der Waals surface area contributed by atoms with Gasteiger partial charge < -0.3 is 5.32 Å². The quantitative estimate of drug-likeness (QED) is 0.776. The van der Waals surface area contributed by atoms with Crippen molar-refractivity contribution in [3.8, 4) is 0 Å². The number of hydrogen-bond acceptors (Lipinski definition) is 2. The number of halogens is 2. The number of amides is 1. The zero-order valence-electron chi connectivity index (χ0n) is 14.1. The maximum Gasteiger partial charge on any atom is 0.234 e. The molecule has 1 aliphatic rings. The third kappa shape index (κ3) is 5.83. The molecule has 0 radical (unpaired) electrons. The second-order valence-electron chi connectivity index (χ2n) is 6.49. The van der Waals surface area contributed by atoms with E-state index in [2.05, 4.69) is 10.2 Å². The fraction of sp³-hybridized carbons (Fsp3) is 0.350. The third-order valence-electron chi connectivity index (χ3n) is 4.37. The normalized spacial score (nSPS) is 13.9. The summed E-state index contributed by atoms with van der Waals surface area (Å²) in [7, 11) is 0. The van der Waals surface area contributed by atoms with Crippen molar-refractivity contribution >= 4 is 17.5 Å². The minimum absolute atomic E-state index is 0.00566. The summed E-state index contributed by atoms with van der Waals surface area (Å²) in [4.78, 5) is 14.5. The third-order valence-corrected chi connectivity index (χ3v) is 4.60. The Bertz CT molecular complexity index is 733. The van der Waals surface area contributed by atoms with E-state index in [1.54, 1.807) is 12.1 Å². The number of rotatable bonds is 8. The molecule has 0 atom stereocenters. The predicted molar refractivity (Wildman–Crippen MR) is 98.0 cm³/mol. The van der Waals surface area contributed by atoms with Crippen molar-refractivity contribution in [1.29, 1.82) is 0 Å². The molecule has 1 saturated carbocycles. The van der Waals surface area contributed by atoms with Crippen LogP contribution < -0.4 is 5.32 Å². The van der Waals surface area contributed by atoms with Gasteiger partial charge in [0.2, 0.25) is 5.91 Å². The second-order valence-corrected chi connectivity index (χ2v) is 6.92. The van der Waals surface area contributed by atoms with Crippen LogP contribution in [0.3, 0.4) is 0 Å². The molecule has 2 aromatic carbocycles. The molecule has 1 N–H and O–H groups in total. The maximum atomic E-state index is 13.3. The van der Waals surface area contributed by atoms with Crippen LogP contribution >= 0.6 is 11.6 Å². The summed E-state index contributed by atoms with van der Waals surface area (Å²) in [5, 5.41) is 3.62. The number of carbonyl (C=O) groups is 1. The Morgan fingerprint density at radius 3 is 2.64 bits per heavy atom. The number of nitrogens with one attached hydrogen (secondary N) is 1. The monoisotopic (exact) mass is 360 g/mol. The molecule has 1 amide bonds. The van der Waals surface area contributed by atoms with Gasteiger partial charge in [-0.05, 0) is 54.7 Å². The molecule has 0 bridgehead atoms. The highest BCUT2D eigenvalue weighted by molar-refractivity contribution is 6.30. The summed E-state index contributed by atoms with van der Waals surface area (Å²) in [5.74, 6) is -0.208. The zero-order valence-corrected chi connectivity index (χ0v) is 14.8. The molecule has 0 aromatic heterocycles. The molecule has 1 fully saturated rings. The molecule has 5 heteroatoms. The fourth-order valence-corrected chi connectivity index (χ4v) is 3.10. The second kappa shape index (κ2) is 8.45. The molecular weight excluding hydrogens is 339 g/mol. The van der Waals surface area contributed by atoms with E-state index in [-0.39, 0.29) is 11.7 Å². The van der Waals surface area contributed by atoms with E-state index in [1.165, 1.54) is 6.07 Å². The summed E-state index contributed by atoms with van der Waals surface area (Å²) < 4.78 is 13.3. The number of nitrogens with zero attached hydrogens (tertiary/aromatic N) is 1. The first-order valence-corrected chi connectivity index (χ1v) is 8.97. The van der Waals surface area contributed by atoms with Crippen LogP contribution in [0, 0.1) is 5.82 Å². The smallest absolute Gasteiger partial charge is 0.234 e. The molecule has 0 heterocycles.